The van der Waals surface area contributed by atoms with Crippen LogP contribution in [0, 0.1) is 17.8 Å². The number of quaternary nitrogens is 1. The van der Waals surface area contributed by atoms with E-state index in [-0.39, 0.29) is 5.92 Å². The first-order chi connectivity index (χ1) is 7.02. The van der Waals surface area contributed by atoms with Gasteiger partial charge in [-0.15, -0.1) is 0 Å². The molecule has 0 aromatic heterocycles. The molecule has 0 aromatic rings. The van der Waals surface area contributed by atoms with Crippen LogP contribution in [0.25, 0.3) is 0 Å². The highest BCUT2D eigenvalue weighted by Gasteiger charge is 2.21. The van der Waals surface area contributed by atoms with E-state index in [1.165, 1.54) is 4.90 Å². The van der Waals surface area contributed by atoms with Crippen LogP contribution in [0.1, 0.15) is 20.8 Å². The van der Waals surface area contributed by atoms with Crippen molar-refractivity contribution in [2.45, 2.75) is 26.4 Å². The minimum Gasteiger partial charge on any atom is -0.378 e. The standard InChI is InChI=1S/C12H21NO2/c1-11(2)12(3,14)5-4-6-13-7-9-15-10-8-13/h11,14H,6-10H2,1-3H3/p+1. The number of morpholine rings is 1. The molecule has 0 bridgehead atoms. The molecule has 1 unspecified atom stereocenters. The fourth-order valence-electron chi connectivity index (χ4n) is 1.33. The number of rotatable bonds is 2. The zero-order valence-corrected chi connectivity index (χ0v) is 9.97. The first-order valence-electron chi connectivity index (χ1n) is 5.66. The van der Waals surface area contributed by atoms with Gasteiger partial charge in [-0.1, -0.05) is 19.8 Å². The van der Waals surface area contributed by atoms with Gasteiger partial charge in [0.05, 0.1) is 13.2 Å². The van der Waals surface area contributed by atoms with Crippen LogP contribution < -0.4 is 4.90 Å². The van der Waals surface area contributed by atoms with Crippen molar-refractivity contribution >= 4 is 0 Å². The van der Waals surface area contributed by atoms with Crippen molar-refractivity contribution in [3.8, 4) is 11.8 Å². The van der Waals surface area contributed by atoms with Crippen LogP contribution in [0.15, 0.2) is 0 Å². The molecule has 1 heterocycles. The van der Waals surface area contributed by atoms with Crippen molar-refractivity contribution in [1.29, 1.82) is 0 Å². The van der Waals surface area contributed by atoms with Crippen LogP contribution in [0.5, 0.6) is 0 Å². The van der Waals surface area contributed by atoms with E-state index in [1.54, 1.807) is 6.92 Å². The molecule has 1 aliphatic heterocycles. The molecule has 15 heavy (non-hydrogen) atoms. The summed E-state index contributed by atoms with van der Waals surface area (Å²) in [5.74, 6) is 6.20. The Bertz CT molecular complexity index is 244. The normalized spacial score (nSPS) is 21.9. The molecule has 0 radical (unpaired) electrons. The Morgan fingerprint density at radius 3 is 2.53 bits per heavy atom. The van der Waals surface area contributed by atoms with Crippen molar-refractivity contribution in [1.82, 2.24) is 0 Å². The molecule has 0 aromatic carbocycles. The maximum absolute atomic E-state index is 9.91. The molecule has 2 N–H and O–H groups in total. The first kappa shape index (κ1) is 12.5. The van der Waals surface area contributed by atoms with E-state index < -0.39 is 5.60 Å². The summed E-state index contributed by atoms with van der Waals surface area (Å²) in [5.41, 5.74) is -0.855. The number of hydrogen-bond acceptors (Lipinski definition) is 2. The summed E-state index contributed by atoms with van der Waals surface area (Å²) in [6, 6.07) is 0. The summed E-state index contributed by atoms with van der Waals surface area (Å²) in [6.07, 6.45) is 0. The van der Waals surface area contributed by atoms with Gasteiger partial charge in [-0.2, -0.15) is 0 Å². The van der Waals surface area contributed by atoms with Gasteiger partial charge in [0.1, 0.15) is 25.2 Å². The van der Waals surface area contributed by atoms with Crippen molar-refractivity contribution in [3.63, 3.8) is 0 Å². The minimum absolute atomic E-state index is 0.171. The molecule has 0 spiro atoms. The zero-order chi connectivity index (χ0) is 11.3. The first-order valence-corrected chi connectivity index (χ1v) is 5.66. The predicted molar refractivity (Wildman–Crippen MR) is 59.6 cm³/mol. The molecule has 86 valence electrons. The lowest BCUT2D eigenvalue weighted by Gasteiger charge is -2.23. The van der Waals surface area contributed by atoms with Gasteiger partial charge in [0.2, 0.25) is 0 Å². The predicted octanol–water partition coefficient (Wildman–Crippen LogP) is -0.688. The van der Waals surface area contributed by atoms with E-state index in [0.717, 1.165) is 32.8 Å². The van der Waals surface area contributed by atoms with Crippen molar-refractivity contribution in [2.24, 2.45) is 5.92 Å². The van der Waals surface area contributed by atoms with Gasteiger partial charge in [-0.3, -0.25) is 0 Å². The van der Waals surface area contributed by atoms with Crippen LogP contribution in [0.3, 0.4) is 0 Å². The highest BCUT2D eigenvalue weighted by atomic mass is 16.5. The lowest BCUT2D eigenvalue weighted by Crippen LogP contribution is -3.14. The highest BCUT2D eigenvalue weighted by Crippen LogP contribution is 2.13. The quantitative estimate of drug-likeness (QED) is 0.594. The second-order valence-corrected chi connectivity index (χ2v) is 4.64. The molecule has 1 aliphatic rings. The average molecular weight is 212 g/mol. The van der Waals surface area contributed by atoms with Gasteiger partial charge in [0.25, 0.3) is 0 Å². The Morgan fingerprint density at radius 2 is 2.00 bits per heavy atom. The number of nitrogens with one attached hydrogen (secondary N) is 1. The number of ether oxygens (including phenoxy) is 1. The Hall–Kier alpha value is -0.560. The molecule has 3 heteroatoms. The zero-order valence-electron chi connectivity index (χ0n) is 9.97. The van der Waals surface area contributed by atoms with Crippen molar-refractivity contribution in [2.75, 3.05) is 32.8 Å². The fourth-order valence-corrected chi connectivity index (χ4v) is 1.33. The number of hydrogen-bond donors (Lipinski definition) is 2. The van der Waals surface area contributed by atoms with E-state index in [2.05, 4.69) is 11.8 Å². The lowest BCUT2D eigenvalue weighted by molar-refractivity contribution is -0.900. The third-order valence-corrected chi connectivity index (χ3v) is 3.00. The van der Waals surface area contributed by atoms with E-state index in [0.29, 0.717) is 0 Å². The van der Waals surface area contributed by atoms with E-state index in [1.807, 2.05) is 13.8 Å². The smallest absolute Gasteiger partial charge is 0.139 e. The van der Waals surface area contributed by atoms with Crippen LogP contribution >= 0.6 is 0 Å². The Kier molecular flexibility index (Phi) is 4.59. The maximum atomic E-state index is 9.91. The maximum Gasteiger partial charge on any atom is 0.139 e. The molecule has 3 nitrogen and oxygen atoms in total. The van der Waals surface area contributed by atoms with Gasteiger partial charge in [-0.25, -0.2) is 0 Å². The van der Waals surface area contributed by atoms with E-state index in [9.17, 15) is 5.11 Å². The highest BCUT2D eigenvalue weighted by molar-refractivity contribution is 5.13. The van der Waals surface area contributed by atoms with Gasteiger partial charge >= 0.3 is 0 Å². The summed E-state index contributed by atoms with van der Waals surface area (Å²) >= 11 is 0. The summed E-state index contributed by atoms with van der Waals surface area (Å²) in [4.78, 5) is 1.45. The molecular formula is C12H22NO2+. The molecule has 1 rings (SSSR count). The molecule has 1 atom stereocenters. The van der Waals surface area contributed by atoms with Crippen LogP contribution in [-0.4, -0.2) is 43.6 Å². The molecular weight excluding hydrogens is 190 g/mol. The number of aliphatic hydroxyl groups is 1. The van der Waals surface area contributed by atoms with Crippen molar-refractivity contribution < 1.29 is 14.7 Å². The van der Waals surface area contributed by atoms with Crippen LogP contribution in [0.2, 0.25) is 0 Å². The Labute approximate surface area is 92.4 Å². The van der Waals surface area contributed by atoms with Gasteiger partial charge in [0, 0.05) is 0 Å². The van der Waals surface area contributed by atoms with E-state index >= 15 is 0 Å². The van der Waals surface area contributed by atoms with Crippen molar-refractivity contribution in [3.05, 3.63) is 0 Å². The molecule has 1 saturated heterocycles. The Balaban J connectivity index is 2.37. The summed E-state index contributed by atoms with van der Waals surface area (Å²) < 4.78 is 5.27. The van der Waals surface area contributed by atoms with Gasteiger partial charge in [0.15, 0.2) is 0 Å². The second-order valence-electron chi connectivity index (χ2n) is 4.64. The minimum atomic E-state index is -0.855. The summed E-state index contributed by atoms with van der Waals surface area (Å²) in [7, 11) is 0. The van der Waals surface area contributed by atoms with Crippen LogP contribution in [0.4, 0.5) is 0 Å². The molecule has 1 fully saturated rings. The van der Waals surface area contributed by atoms with Crippen LogP contribution in [-0.2, 0) is 4.74 Å². The molecule has 0 saturated carbocycles. The third kappa shape index (κ3) is 4.21. The summed E-state index contributed by atoms with van der Waals surface area (Å²) in [6.45, 7) is 10.3. The van der Waals surface area contributed by atoms with Gasteiger partial charge in [-0.05, 0) is 18.8 Å². The third-order valence-electron chi connectivity index (χ3n) is 3.00. The van der Waals surface area contributed by atoms with Gasteiger partial charge < -0.3 is 14.7 Å². The second kappa shape index (κ2) is 5.50. The molecule has 0 amide bonds. The average Bonchev–Trinajstić information content (AvgIpc) is 2.19. The lowest BCUT2D eigenvalue weighted by atomic mass is 9.93. The Morgan fingerprint density at radius 1 is 1.40 bits per heavy atom. The monoisotopic (exact) mass is 212 g/mol. The van der Waals surface area contributed by atoms with E-state index in [4.69, 9.17) is 4.74 Å². The fraction of sp³-hybridized carbons (Fsp3) is 0.833. The largest absolute Gasteiger partial charge is 0.378 e. The molecule has 0 aliphatic carbocycles. The summed E-state index contributed by atoms with van der Waals surface area (Å²) in [5, 5.41) is 9.91. The SMILES string of the molecule is CC(C)C(C)(O)C#CC[NH+]1CCOCC1. The topological polar surface area (TPSA) is 33.9 Å².